The van der Waals surface area contributed by atoms with E-state index in [0.29, 0.717) is 17.5 Å². The fraction of sp³-hybridized carbons (Fsp3) is 0.0984. The van der Waals surface area contributed by atoms with Crippen molar-refractivity contribution in [2.45, 2.75) is 38.5 Å². The summed E-state index contributed by atoms with van der Waals surface area (Å²) in [4.78, 5) is 25.7. The summed E-state index contributed by atoms with van der Waals surface area (Å²) in [6.45, 7) is 9.04. The molecule has 0 aliphatic carbocycles. The van der Waals surface area contributed by atoms with E-state index < -0.39 is 5.41 Å². The molecule has 0 amide bonds. The molecular weight excluding hydrogens is 819 g/mol. The second-order valence-corrected chi connectivity index (χ2v) is 18.1. The minimum Gasteiger partial charge on any atom is -0.455 e. The summed E-state index contributed by atoms with van der Waals surface area (Å²) in [5.41, 5.74) is 13.8. The van der Waals surface area contributed by atoms with Crippen LogP contribution in [0.3, 0.4) is 0 Å². The summed E-state index contributed by atoms with van der Waals surface area (Å²) in [7, 11) is 0. The van der Waals surface area contributed by atoms with Crippen molar-refractivity contribution in [3.63, 3.8) is 0 Å². The molecule has 0 fully saturated rings. The van der Waals surface area contributed by atoms with Gasteiger partial charge in [-0.15, -0.1) is 0 Å². The first-order valence-corrected chi connectivity index (χ1v) is 22.8. The molecule has 0 saturated heterocycles. The maximum atomic E-state index is 7.32. The highest BCUT2D eigenvalue weighted by molar-refractivity contribution is 5.83. The number of aromatic nitrogens is 5. The number of nitrogens with zero attached hydrogens (tertiary/aromatic N) is 5. The molecule has 67 heavy (non-hydrogen) atoms. The van der Waals surface area contributed by atoms with Crippen LogP contribution in [0.15, 0.2) is 212 Å². The highest BCUT2D eigenvalue weighted by Crippen LogP contribution is 2.55. The Morgan fingerprint density at radius 1 is 0.343 bits per heavy atom. The second kappa shape index (κ2) is 16.9. The van der Waals surface area contributed by atoms with E-state index in [0.717, 1.165) is 95.5 Å². The van der Waals surface area contributed by atoms with Crippen LogP contribution in [-0.4, -0.2) is 24.9 Å². The number of fused-ring (bicyclic) bond motifs is 2. The van der Waals surface area contributed by atoms with Gasteiger partial charge in [-0.2, -0.15) is 0 Å². The van der Waals surface area contributed by atoms with E-state index in [4.69, 9.17) is 29.7 Å². The third-order valence-electron chi connectivity index (χ3n) is 13.0. The highest BCUT2D eigenvalue weighted by atomic mass is 16.5. The van der Waals surface area contributed by atoms with Crippen LogP contribution in [0.5, 0.6) is 11.5 Å². The number of hydrogen-bond acceptors (Lipinski definition) is 6. The lowest BCUT2D eigenvalue weighted by Gasteiger charge is -2.37. The fourth-order valence-electron chi connectivity index (χ4n) is 9.30. The molecule has 6 nitrogen and oxygen atoms in total. The average Bonchev–Trinajstić information content (AvgIpc) is 3.39. The molecule has 0 saturated carbocycles. The van der Waals surface area contributed by atoms with E-state index in [9.17, 15) is 0 Å². The zero-order valence-corrected chi connectivity index (χ0v) is 37.9. The quantitative estimate of drug-likeness (QED) is 0.144. The van der Waals surface area contributed by atoms with Gasteiger partial charge in [-0.3, -0.25) is 9.97 Å². The standard InChI is InChI=1S/C61H47N5O/c1-60(2)49-30-17-28-46(40-34-36-45(37-35-40)59-65-57(43-24-13-7-14-25-43)64-58(66-59)44-26-15-8-16-27-44)54(49)67-55-47(29-18-31-50(55)60)48-38-39-52(42-22-11-6-12-23-42)63-56(48)61(3,4)53-33-19-32-51(62-53)41-20-9-5-10-21-41/h5-39H,1-4H3. The number of para-hydroxylation sites is 2. The van der Waals surface area contributed by atoms with Gasteiger partial charge in [0.25, 0.3) is 0 Å². The summed E-state index contributed by atoms with van der Waals surface area (Å²) >= 11 is 0. The Hall–Kier alpha value is -8.35. The van der Waals surface area contributed by atoms with Crippen molar-refractivity contribution < 1.29 is 4.74 Å². The zero-order chi connectivity index (χ0) is 45.5. The van der Waals surface area contributed by atoms with Gasteiger partial charge in [0.2, 0.25) is 0 Å². The number of rotatable bonds is 9. The largest absolute Gasteiger partial charge is 0.455 e. The Labute approximate surface area is 391 Å². The molecule has 0 spiro atoms. The van der Waals surface area contributed by atoms with Gasteiger partial charge in [-0.1, -0.05) is 208 Å². The lowest BCUT2D eigenvalue weighted by molar-refractivity contribution is 0.421. The molecule has 0 N–H and O–H groups in total. The van der Waals surface area contributed by atoms with E-state index in [1.165, 1.54) is 0 Å². The smallest absolute Gasteiger partial charge is 0.164 e. The number of hydrogen-bond donors (Lipinski definition) is 0. The maximum absolute atomic E-state index is 7.32. The van der Waals surface area contributed by atoms with E-state index in [-0.39, 0.29) is 5.41 Å². The van der Waals surface area contributed by atoms with E-state index in [1.54, 1.807) is 0 Å². The van der Waals surface area contributed by atoms with Crippen molar-refractivity contribution in [2.75, 3.05) is 0 Å². The predicted octanol–water partition coefficient (Wildman–Crippen LogP) is 15.1. The van der Waals surface area contributed by atoms with Gasteiger partial charge >= 0.3 is 0 Å². The first-order valence-electron chi connectivity index (χ1n) is 22.8. The topological polar surface area (TPSA) is 73.7 Å². The second-order valence-electron chi connectivity index (χ2n) is 18.1. The average molecular weight is 866 g/mol. The molecule has 0 atom stereocenters. The Morgan fingerprint density at radius 2 is 0.776 bits per heavy atom. The van der Waals surface area contributed by atoms with Gasteiger partial charge in [0.05, 0.1) is 22.8 Å². The molecule has 0 unspecified atom stereocenters. The maximum Gasteiger partial charge on any atom is 0.164 e. The van der Waals surface area contributed by atoms with Gasteiger partial charge < -0.3 is 4.74 Å². The lowest BCUT2D eigenvalue weighted by Crippen LogP contribution is -2.26. The molecule has 322 valence electrons. The summed E-state index contributed by atoms with van der Waals surface area (Å²) in [5.74, 6) is 3.53. The zero-order valence-electron chi connectivity index (χ0n) is 37.9. The van der Waals surface area contributed by atoms with E-state index >= 15 is 0 Å². The molecule has 0 bridgehead atoms. The minimum absolute atomic E-state index is 0.389. The van der Waals surface area contributed by atoms with Crippen LogP contribution in [0.4, 0.5) is 0 Å². The summed E-state index contributed by atoms with van der Waals surface area (Å²) in [5, 5.41) is 0. The summed E-state index contributed by atoms with van der Waals surface area (Å²) < 4.78 is 7.32. The number of pyridine rings is 2. The molecule has 4 heterocycles. The Balaban J connectivity index is 1.01. The van der Waals surface area contributed by atoms with Gasteiger partial charge in [-0.05, 0) is 37.6 Å². The molecule has 1 aliphatic heterocycles. The molecule has 6 heteroatoms. The van der Waals surface area contributed by atoms with Gasteiger partial charge in [0.1, 0.15) is 11.5 Å². The van der Waals surface area contributed by atoms with Crippen LogP contribution in [0.1, 0.15) is 50.2 Å². The van der Waals surface area contributed by atoms with E-state index in [2.05, 4.69) is 167 Å². The predicted molar refractivity (Wildman–Crippen MR) is 271 cm³/mol. The molecule has 11 rings (SSSR count). The van der Waals surface area contributed by atoms with Crippen molar-refractivity contribution in [3.05, 3.63) is 235 Å². The minimum atomic E-state index is -0.606. The Kier molecular flexibility index (Phi) is 10.4. The van der Waals surface area contributed by atoms with Gasteiger partial charge in [0.15, 0.2) is 17.5 Å². The van der Waals surface area contributed by atoms with Crippen molar-refractivity contribution in [3.8, 4) is 90.4 Å². The molecule has 10 aromatic rings. The van der Waals surface area contributed by atoms with E-state index in [1.807, 2.05) is 72.8 Å². The molecule has 1 aliphatic rings. The van der Waals surface area contributed by atoms with Crippen molar-refractivity contribution in [2.24, 2.45) is 0 Å². The summed E-state index contributed by atoms with van der Waals surface area (Å²) in [6.07, 6.45) is 0. The van der Waals surface area contributed by atoms with Gasteiger partial charge in [-0.25, -0.2) is 15.0 Å². The van der Waals surface area contributed by atoms with Crippen LogP contribution >= 0.6 is 0 Å². The Morgan fingerprint density at radius 3 is 1.31 bits per heavy atom. The molecule has 0 radical (unpaired) electrons. The van der Waals surface area contributed by atoms with Crippen molar-refractivity contribution in [1.29, 1.82) is 0 Å². The van der Waals surface area contributed by atoms with Crippen molar-refractivity contribution in [1.82, 2.24) is 24.9 Å². The number of benzene rings is 7. The molecular formula is C61H47N5O. The van der Waals surface area contributed by atoms with Crippen LogP contribution in [0.25, 0.3) is 78.9 Å². The third-order valence-corrected chi connectivity index (χ3v) is 13.0. The SMILES string of the molecule is CC1(C)c2cccc(-c3ccc(-c4nc(-c5ccccc5)nc(-c5ccccc5)n4)cc3)c2Oc2c(-c3ccc(-c4ccccc4)nc3C(C)(C)c3cccc(-c4ccccc4)n3)cccc21. The van der Waals surface area contributed by atoms with Crippen molar-refractivity contribution >= 4 is 0 Å². The van der Waals surface area contributed by atoms with Gasteiger partial charge in [0, 0.05) is 66.5 Å². The Bertz CT molecular complexity index is 3350. The molecule has 7 aromatic carbocycles. The van der Waals surface area contributed by atoms with Crippen LogP contribution in [0.2, 0.25) is 0 Å². The van der Waals surface area contributed by atoms with Crippen LogP contribution in [-0.2, 0) is 10.8 Å². The number of ether oxygens (including phenoxy) is 1. The van der Waals surface area contributed by atoms with Crippen LogP contribution in [0, 0.1) is 0 Å². The third kappa shape index (κ3) is 7.66. The highest BCUT2D eigenvalue weighted by Gasteiger charge is 2.38. The normalized spacial score (nSPS) is 12.7. The fourth-order valence-corrected chi connectivity index (χ4v) is 9.30. The monoisotopic (exact) mass is 865 g/mol. The molecule has 3 aromatic heterocycles. The first-order chi connectivity index (χ1) is 32.7. The summed E-state index contributed by atoms with van der Waals surface area (Å²) in [6, 6.07) is 73.0. The first kappa shape index (κ1) is 41.4. The van der Waals surface area contributed by atoms with Crippen LogP contribution < -0.4 is 4.74 Å². The lowest BCUT2D eigenvalue weighted by atomic mass is 9.73.